The Morgan fingerprint density at radius 3 is 2.43 bits per heavy atom. The fraction of sp³-hybridized carbons (Fsp3) is 1.00. The molecule has 0 saturated carbocycles. The Morgan fingerprint density at radius 2 is 2.07 bits per heavy atom. The van der Waals surface area contributed by atoms with Crippen LogP contribution >= 0.6 is 7.41 Å². The molecule has 0 spiro atoms. The molecule has 0 bridgehead atoms. The average molecular weight is 216 g/mol. The van der Waals surface area contributed by atoms with Crippen LogP contribution in [-0.2, 0) is 0 Å². The van der Waals surface area contributed by atoms with Crippen LogP contribution in [0.15, 0.2) is 0 Å². The molecule has 0 aliphatic carbocycles. The third kappa shape index (κ3) is 1.52. The molecule has 0 radical (unpaired) electrons. The molecule has 0 aromatic rings. The van der Waals surface area contributed by atoms with Gasteiger partial charge in [0.15, 0.2) is 0 Å². The normalized spacial score (nSPS) is 37.6. The van der Waals surface area contributed by atoms with Gasteiger partial charge in [-0.25, -0.2) is 0 Å². The summed E-state index contributed by atoms with van der Waals surface area (Å²) in [6.07, 6.45) is 6.94. The van der Waals surface area contributed by atoms with E-state index < -0.39 is 7.41 Å². The van der Waals surface area contributed by atoms with Gasteiger partial charge in [0.05, 0.1) is 0 Å². The third-order valence-corrected chi connectivity index (χ3v) is 9.42. The first-order valence-electron chi connectivity index (χ1n) is 6.21. The maximum absolute atomic E-state index is 3.73. The predicted octanol–water partition coefficient (Wildman–Crippen LogP) is 2.36. The van der Waals surface area contributed by atoms with E-state index in [4.69, 9.17) is 0 Å². The first kappa shape index (κ1) is 10.9. The summed E-state index contributed by atoms with van der Waals surface area (Å²) in [6.45, 7) is 8.42. The Hall–Kier alpha value is 0.350. The van der Waals surface area contributed by atoms with Crippen LogP contribution in [-0.4, -0.2) is 24.3 Å². The van der Waals surface area contributed by atoms with Crippen molar-refractivity contribution < 1.29 is 0 Å². The van der Waals surface area contributed by atoms with Crippen molar-refractivity contribution in [2.24, 2.45) is 5.92 Å². The van der Waals surface area contributed by atoms with Crippen molar-refractivity contribution >= 4 is 7.41 Å². The van der Waals surface area contributed by atoms with E-state index in [0.29, 0.717) is 5.28 Å². The molecule has 2 rings (SSSR count). The van der Waals surface area contributed by atoms with E-state index in [9.17, 15) is 0 Å². The summed E-state index contributed by atoms with van der Waals surface area (Å²) in [5.74, 6) is 0.893. The summed E-state index contributed by atoms with van der Waals surface area (Å²) >= 11 is 0. The van der Waals surface area contributed by atoms with Crippen LogP contribution in [0.25, 0.3) is 0 Å². The van der Waals surface area contributed by atoms with Crippen LogP contribution in [0.1, 0.15) is 40.0 Å². The van der Waals surface area contributed by atoms with Gasteiger partial charge in [0, 0.05) is 0 Å². The van der Waals surface area contributed by atoms with Crippen molar-refractivity contribution in [2.75, 3.05) is 19.0 Å². The Balaban J connectivity index is 1.95. The summed E-state index contributed by atoms with van der Waals surface area (Å²) < 4.78 is 0. The molecule has 3 heteroatoms. The molecule has 2 heterocycles. The Morgan fingerprint density at radius 1 is 1.43 bits per heavy atom. The molecule has 2 atom stereocenters. The van der Waals surface area contributed by atoms with Crippen molar-refractivity contribution in [1.82, 2.24) is 10.4 Å². The van der Waals surface area contributed by atoms with Crippen molar-refractivity contribution in [1.29, 1.82) is 0 Å². The third-order valence-electron chi connectivity index (χ3n) is 4.45. The SMILES string of the molecule is CCCCC(C)C1([PH]2(CC)CN2)CN1. The van der Waals surface area contributed by atoms with Crippen LogP contribution in [0.3, 0.4) is 0 Å². The minimum atomic E-state index is -1.02. The van der Waals surface area contributed by atoms with Crippen LogP contribution in [0.5, 0.6) is 0 Å². The van der Waals surface area contributed by atoms with Crippen molar-refractivity contribution in [3.05, 3.63) is 0 Å². The zero-order valence-electron chi connectivity index (χ0n) is 9.82. The average Bonchev–Trinajstić information content (AvgIpc) is 3.04. The van der Waals surface area contributed by atoms with E-state index in [2.05, 4.69) is 31.2 Å². The van der Waals surface area contributed by atoms with Gasteiger partial charge in [-0.1, -0.05) is 0 Å². The van der Waals surface area contributed by atoms with Crippen LogP contribution in [0.4, 0.5) is 0 Å². The van der Waals surface area contributed by atoms with Gasteiger partial charge in [0.25, 0.3) is 0 Å². The molecule has 2 saturated heterocycles. The van der Waals surface area contributed by atoms with Gasteiger partial charge in [0.2, 0.25) is 0 Å². The van der Waals surface area contributed by atoms with Gasteiger partial charge in [-0.15, -0.1) is 0 Å². The first-order valence-corrected chi connectivity index (χ1v) is 8.62. The van der Waals surface area contributed by atoms with E-state index in [1.54, 1.807) is 0 Å². The molecule has 2 aliphatic rings. The monoisotopic (exact) mass is 216 g/mol. The molecule has 2 aliphatic heterocycles. The summed E-state index contributed by atoms with van der Waals surface area (Å²) in [5.41, 5.74) is 0. The zero-order valence-corrected chi connectivity index (χ0v) is 10.8. The van der Waals surface area contributed by atoms with Gasteiger partial charge in [-0.05, 0) is 0 Å². The molecule has 2 unspecified atom stereocenters. The molecule has 14 heavy (non-hydrogen) atoms. The van der Waals surface area contributed by atoms with E-state index in [-0.39, 0.29) is 0 Å². The van der Waals surface area contributed by atoms with Crippen molar-refractivity contribution in [3.63, 3.8) is 0 Å². The second kappa shape index (κ2) is 3.73. The number of nitrogens with one attached hydrogen (secondary N) is 2. The Kier molecular flexibility index (Phi) is 2.90. The first-order chi connectivity index (χ1) is 6.71. The zero-order chi connectivity index (χ0) is 10.2. The number of hydrogen-bond donors (Lipinski definition) is 2. The summed E-state index contributed by atoms with van der Waals surface area (Å²) in [6, 6.07) is 0. The summed E-state index contributed by atoms with van der Waals surface area (Å²) in [7, 11) is -1.02. The van der Waals surface area contributed by atoms with Gasteiger partial charge in [-0.2, -0.15) is 0 Å². The number of rotatable bonds is 6. The molecule has 2 fully saturated rings. The molecule has 2 N–H and O–H groups in total. The van der Waals surface area contributed by atoms with Crippen molar-refractivity contribution in [2.45, 2.75) is 45.3 Å². The fourth-order valence-electron chi connectivity index (χ4n) is 3.00. The van der Waals surface area contributed by atoms with E-state index in [1.165, 1.54) is 38.3 Å². The molecule has 2 nitrogen and oxygen atoms in total. The van der Waals surface area contributed by atoms with Crippen molar-refractivity contribution in [3.8, 4) is 0 Å². The predicted molar refractivity (Wildman–Crippen MR) is 66.3 cm³/mol. The van der Waals surface area contributed by atoms with Crippen LogP contribution < -0.4 is 10.4 Å². The molecule has 0 aromatic carbocycles. The molecular weight excluding hydrogens is 191 g/mol. The number of unbranched alkanes of at least 4 members (excludes halogenated alkanes) is 1. The van der Waals surface area contributed by atoms with Gasteiger partial charge < -0.3 is 0 Å². The molecule has 0 amide bonds. The van der Waals surface area contributed by atoms with E-state index in [1.807, 2.05) is 0 Å². The van der Waals surface area contributed by atoms with Gasteiger partial charge in [-0.3, -0.25) is 0 Å². The van der Waals surface area contributed by atoms with Crippen LogP contribution in [0, 0.1) is 5.92 Å². The quantitative estimate of drug-likeness (QED) is 0.529. The molecular formula is C11H25N2P. The maximum atomic E-state index is 3.73. The summed E-state index contributed by atoms with van der Waals surface area (Å²) in [4.78, 5) is 0. The van der Waals surface area contributed by atoms with E-state index >= 15 is 0 Å². The van der Waals surface area contributed by atoms with E-state index in [0.717, 1.165) is 5.92 Å². The fourth-order valence-corrected chi connectivity index (χ4v) is 7.47. The second-order valence-electron chi connectivity index (χ2n) is 5.16. The minimum absolute atomic E-state index is 0.594. The number of hydrogen-bond acceptors (Lipinski definition) is 2. The van der Waals surface area contributed by atoms with Crippen LogP contribution in [0.2, 0.25) is 0 Å². The standard InChI is InChI=1S/C11H25N2P/c1-4-6-7-10(3)11(8-12-11)14(5-2)9-13-14/h10,12-14H,4-9H2,1-3H3. The van der Waals surface area contributed by atoms with Gasteiger partial charge >= 0.3 is 88.0 Å². The topological polar surface area (TPSA) is 43.9 Å². The summed E-state index contributed by atoms with van der Waals surface area (Å²) in [5, 5.41) is 8.04. The molecule has 84 valence electrons. The Labute approximate surface area is 88.6 Å². The second-order valence-corrected chi connectivity index (χ2v) is 9.63. The Bertz CT molecular complexity index is 209. The molecule has 0 aromatic heterocycles. The van der Waals surface area contributed by atoms with Gasteiger partial charge in [0.1, 0.15) is 0 Å².